The fourth-order valence-corrected chi connectivity index (χ4v) is 2.75. The molecule has 0 bridgehead atoms. The van der Waals surface area contributed by atoms with Crippen LogP contribution in [-0.2, 0) is 6.61 Å². The molecule has 0 radical (unpaired) electrons. The predicted octanol–water partition coefficient (Wildman–Crippen LogP) is 5.83. The first-order chi connectivity index (χ1) is 12.6. The molecule has 130 valence electrons. The fourth-order valence-electron chi connectivity index (χ4n) is 2.56. The molecule has 4 nitrogen and oxygen atoms in total. The van der Waals surface area contributed by atoms with Gasteiger partial charge in [-0.25, -0.2) is 0 Å². The van der Waals surface area contributed by atoms with Crippen LogP contribution >= 0.6 is 11.6 Å². The van der Waals surface area contributed by atoms with E-state index >= 15 is 0 Å². The number of benzene rings is 3. The molecule has 5 heteroatoms. The summed E-state index contributed by atoms with van der Waals surface area (Å²) in [5.41, 5.74) is 3.46. The predicted molar refractivity (Wildman–Crippen MR) is 104 cm³/mol. The van der Waals surface area contributed by atoms with Crippen molar-refractivity contribution in [1.82, 2.24) is 0 Å². The molecule has 3 aromatic rings. The Morgan fingerprint density at radius 2 is 1.81 bits per heavy atom. The monoisotopic (exact) mass is 365 g/mol. The average Bonchev–Trinajstić information content (AvgIpc) is 2.66. The lowest BCUT2D eigenvalue weighted by atomic mass is 9.99. The van der Waals surface area contributed by atoms with Crippen molar-refractivity contribution in [3.8, 4) is 16.9 Å². The van der Waals surface area contributed by atoms with Gasteiger partial charge in [-0.2, -0.15) is 0 Å². The largest absolute Gasteiger partial charge is 0.489 e. The summed E-state index contributed by atoms with van der Waals surface area (Å²) in [4.78, 5) is 10.2. The van der Waals surface area contributed by atoms with Crippen LogP contribution in [0.2, 0.25) is 5.02 Å². The number of hydrogen-bond acceptors (Lipinski definition) is 3. The lowest BCUT2D eigenvalue weighted by Gasteiger charge is -2.11. The van der Waals surface area contributed by atoms with Gasteiger partial charge in [0.1, 0.15) is 12.4 Å². The zero-order valence-corrected chi connectivity index (χ0v) is 14.6. The summed E-state index contributed by atoms with van der Waals surface area (Å²) in [5.74, 6) is 0.682. The Hall–Kier alpha value is -3.11. The minimum Gasteiger partial charge on any atom is -0.489 e. The van der Waals surface area contributed by atoms with E-state index in [1.807, 2.05) is 54.6 Å². The summed E-state index contributed by atoms with van der Waals surface area (Å²) in [6.07, 6.45) is 2.39. The van der Waals surface area contributed by atoms with Crippen LogP contribution in [-0.4, -0.2) is 4.92 Å². The number of ether oxygens (including phenoxy) is 1. The van der Waals surface area contributed by atoms with Crippen LogP contribution in [0.15, 0.2) is 79.0 Å². The van der Waals surface area contributed by atoms with Gasteiger partial charge < -0.3 is 4.74 Å². The van der Waals surface area contributed by atoms with Crippen molar-refractivity contribution < 1.29 is 9.66 Å². The minimum atomic E-state index is -0.485. The maximum atomic E-state index is 10.7. The molecule has 0 heterocycles. The summed E-state index contributed by atoms with van der Waals surface area (Å²) in [6, 6.07) is 22.7. The van der Waals surface area contributed by atoms with Crippen LogP contribution in [0.3, 0.4) is 0 Å². The van der Waals surface area contributed by atoms with Crippen LogP contribution in [0.5, 0.6) is 5.75 Å². The van der Waals surface area contributed by atoms with Gasteiger partial charge in [0.05, 0.1) is 4.92 Å². The van der Waals surface area contributed by atoms with E-state index in [4.69, 9.17) is 16.3 Å². The van der Waals surface area contributed by atoms with Gasteiger partial charge in [-0.05, 0) is 46.5 Å². The SMILES string of the molecule is O=[N+]([O-])/C=C/c1ccc(OCc2ccccc2)cc1-c1cccc(Cl)c1. The number of halogens is 1. The van der Waals surface area contributed by atoms with E-state index in [2.05, 4.69) is 0 Å². The maximum Gasteiger partial charge on any atom is 0.235 e. The van der Waals surface area contributed by atoms with Crippen molar-refractivity contribution in [3.05, 3.63) is 105 Å². The molecule has 0 atom stereocenters. The molecule has 0 fully saturated rings. The van der Waals surface area contributed by atoms with Crippen LogP contribution in [0.1, 0.15) is 11.1 Å². The molecule has 3 rings (SSSR count). The molecule has 0 spiro atoms. The van der Waals surface area contributed by atoms with Crippen molar-refractivity contribution in [2.24, 2.45) is 0 Å². The maximum absolute atomic E-state index is 10.7. The quantitative estimate of drug-likeness (QED) is 0.407. The zero-order chi connectivity index (χ0) is 18.4. The second kappa shape index (κ2) is 8.32. The molecule has 0 aliphatic heterocycles. The third-order valence-electron chi connectivity index (χ3n) is 3.78. The summed E-state index contributed by atoms with van der Waals surface area (Å²) in [7, 11) is 0. The highest BCUT2D eigenvalue weighted by atomic mass is 35.5. The number of nitrogens with zero attached hydrogens (tertiary/aromatic N) is 1. The summed E-state index contributed by atoms with van der Waals surface area (Å²) in [5, 5.41) is 11.3. The normalized spacial score (nSPS) is 10.8. The van der Waals surface area contributed by atoms with Crippen LogP contribution in [0.4, 0.5) is 0 Å². The second-order valence-electron chi connectivity index (χ2n) is 5.63. The Kier molecular flexibility index (Phi) is 5.66. The third-order valence-corrected chi connectivity index (χ3v) is 4.02. The first-order valence-electron chi connectivity index (χ1n) is 8.00. The Morgan fingerprint density at radius 1 is 1.00 bits per heavy atom. The van der Waals surface area contributed by atoms with Gasteiger partial charge in [-0.15, -0.1) is 0 Å². The molecule has 0 aliphatic carbocycles. The zero-order valence-electron chi connectivity index (χ0n) is 13.8. The third kappa shape index (κ3) is 4.71. The molecular formula is C21H16ClNO3. The van der Waals surface area contributed by atoms with E-state index in [0.717, 1.165) is 28.5 Å². The van der Waals surface area contributed by atoms with E-state index in [9.17, 15) is 10.1 Å². The van der Waals surface area contributed by atoms with Gasteiger partial charge in [0, 0.05) is 11.1 Å². The van der Waals surface area contributed by atoms with Crippen molar-refractivity contribution in [3.63, 3.8) is 0 Å². The van der Waals surface area contributed by atoms with E-state index < -0.39 is 4.92 Å². The highest BCUT2D eigenvalue weighted by molar-refractivity contribution is 6.30. The van der Waals surface area contributed by atoms with Gasteiger partial charge in [0.25, 0.3) is 0 Å². The van der Waals surface area contributed by atoms with E-state index in [-0.39, 0.29) is 0 Å². The van der Waals surface area contributed by atoms with E-state index in [1.165, 1.54) is 6.08 Å². The van der Waals surface area contributed by atoms with Crippen molar-refractivity contribution in [2.75, 3.05) is 0 Å². The van der Waals surface area contributed by atoms with Gasteiger partial charge in [-0.3, -0.25) is 10.1 Å². The number of hydrogen-bond donors (Lipinski definition) is 0. The molecular weight excluding hydrogens is 350 g/mol. The summed E-state index contributed by atoms with van der Waals surface area (Å²) >= 11 is 6.10. The first-order valence-corrected chi connectivity index (χ1v) is 8.38. The summed E-state index contributed by atoms with van der Waals surface area (Å²) < 4.78 is 5.87. The van der Waals surface area contributed by atoms with E-state index in [0.29, 0.717) is 17.4 Å². The molecule has 26 heavy (non-hydrogen) atoms. The second-order valence-corrected chi connectivity index (χ2v) is 6.07. The smallest absolute Gasteiger partial charge is 0.235 e. The minimum absolute atomic E-state index is 0.444. The number of rotatable bonds is 6. The highest BCUT2D eigenvalue weighted by Gasteiger charge is 2.08. The molecule has 0 aliphatic rings. The van der Waals surface area contributed by atoms with E-state index in [1.54, 1.807) is 18.2 Å². The van der Waals surface area contributed by atoms with Crippen molar-refractivity contribution >= 4 is 17.7 Å². The van der Waals surface area contributed by atoms with Crippen molar-refractivity contribution in [2.45, 2.75) is 6.61 Å². The highest BCUT2D eigenvalue weighted by Crippen LogP contribution is 2.31. The lowest BCUT2D eigenvalue weighted by molar-refractivity contribution is -0.400. The van der Waals surface area contributed by atoms with Gasteiger partial charge >= 0.3 is 0 Å². The fraction of sp³-hybridized carbons (Fsp3) is 0.0476. The molecule has 0 N–H and O–H groups in total. The summed E-state index contributed by atoms with van der Waals surface area (Å²) in [6.45, 7) is 0.444. The van der Waals surface area contributed by atoms with Gasteiger partial charge in [-0.1, -0.05) is 60.1 Å². The standard InChI is InChI=1S/C21H16ClNO3/c22-19-8-4-7-18(13-19)21-14-20(10-9-17(21)11-12-23(24)25)26-15-16-5-2-1-3-6-16/h1-14H,15H2/b12-11+. The van der Waals surface area contributed by atoms with Crippen LogP contribution < -0.4 is 4.74 Å². The van der Waals surface area contributed by atoms with Crippen LogP contribution in [0, 0.1) is 10.1 Å². The topological polar surface area (TPSA) is 52.4 Å². The Bertz CT molecular complexity index is 939. The molecule has 0 aromatic heterocycles. The average molecular weight is 366 g/mol. The molecule has 3 aromatic carbocycles. The molecule has 0 saturated carbocycles. The molecule has 0 saturated heterocycles. The number of nitro groups is 1. The van der Waals surface area contributed by atoms with Crippen LogP contribution in [0.25, 0.3) is 17.2 Å². The Labute approximate surface area is 156 Å². The Morgan fingerprint density at radius 3 is 2.54 bits per heavy atom. The van der Waals surface area contributed by atoms with Gasteiger partial charge in [0.2, 0.25) is 6.20 Å². The van der Waals surface area contributed by atoms with Crippen molar-refractivity contribution in [1.29, 1.82) is 0 Å². The Balaban J connectivity index is 1.93. The first kappa shape index (κ1) is 17.7. The lowest BCUT2D eigenvalue weighted by Crippen LogP contribution is -1.96. The molecule has 0 unspecified atom stereocenters. The van der Waals surface area contributed by atoms with Gasteiger partial charge in [0.15, 0.2) is 0 Å². The molecule has 0 amide bonds.